The summed E-state index contributed by atoms with van der Waals surface area (Å²) in [6.45, 7) is 5.83. The number of benzene rings is 2. The van der Waals surface area contributed by atoms with Crippen LogP contribution in [0, 0.1) is 13.8 Å². The Morgan fingerprint density at radius 2 is 1.78 bits per heavy atom. The van der Waals surface area contributed by atoms with E-state index in [0.717, 1.165) is 28.9 Å². The summed E-state index contributed by atoms with van der Waals surface area (Å²) in [5, 5.41) is 15.2. The topological polar surface area (TPSA) is 76.4 Å². The van der Waals surface area contributed by atoms with Gasteiger partial charge in [0.15, 0.2) is 11.8 Å². The molecule has 0 aliphatic heterocycles. The highest BCUT2D eigenvalue weighted by Crippen LogP contribution is 2.21. The van der Waals surface area contributed by atoms with Crippen molar-refractivity contribution in [3.63, 3.8) is 0 Å². The molecular formula is C23H31IN6OS. The molecule has 0 fully saturated rings. The van der Waals surface area contributed by atoms with E-state index in [1.165, 1.54) is 16.0 Å². The monoisotopic (exact) mass is 566 g/mol. The van der Waals surface area contributed by atoms with Gasteiger partial charge in [-0.15, -0.1) is 45.9 Å². The minimum absolute atomic E-state index is 0. The maximum atomic E-state index is 5.24. The Balaban J connectivity index is 0.00000363. The lowest BCUT2D eigenvalue weighted by atomic mass is 10.1. The smallest absolute Gasteiger partial charge is 0.192 e. The van der Waals surface area contributed by atoms with Crippen molar-refractivity contribution in [2.45, 2.75) is 38.4 Å². The summed E-state index contributed by atoms with van der Waals surface area (Å²) in [4.78, 5) is 6.05. The van der Waals surface area contributed by atoms with Gasteiger partial charge in [-0.1, -0.05) is 24.3 Å². The molecule has 0 radical (unpaired) electrons. The van der Waals surface area contributed by atoms with Gasteiger partial charge in [0, 0.05) is 18.5 Å². The lowest BCUT2D eigenvalue weighted by Crippen LogP contribution is -2.37. The third kappa shape index (κ3) is 7.13. The van der Waals surface area contributed by atoms with Crippen LogP contribution in [0.25, 0.3) is 0 Å². The zero-order valence-electron chi connectivity index (χ0n) is 19.2. The number of nitrogens with one attached hydrogen (secondary N) is 2. The highest BCUT2D eigenvalue weighted by Gasteiger charge is 2.08. The Labute approximate surface area is 211 Å². The Morgan fingerprint density at radius 1 is 1.06 bits per heavy atom. The molecule has 172 valence electrons. The van der Waals surface area contributed by atoms with Crippen molar-refractivity contribution in [3.05, 3.63) is 70.8 Å². The van der Waals surface area contributed by atoms with Crippen molar-refractivity contribution in [1.82, 2.24) is 25.4 Å². The summed E-state index contributed by atoms with van der Waals surface area (Å²) in [6, 6.07) is 14.5. The number of aliphatic imine (C=N–C) groups is 1. The molecule has 0 atom stereocenters. The third-order valence-corrected chi connectivity index (χ3v) is 5.88. The number of nitrogens with zero attached hydrogens (tertiary/aromatic N) is 4. The molecule has 0 saturated heterocycles. The molecule has 2 aromatic carbocycles. The van der Waals surface area contributed by atoms with E-state index in [2.05, 4.69) is 52.2 Å². The molecule has 0 unspecified atom stereocenters. The van der Waals surface area contributed by atoms with Crippen LogP contribution in [0.4, 0.5) is 0 Å². The fourth-order valence-electron chi connectivity index (χ4n) is 3.02. The molecule has 0 saturated carbocycles. The Bertz CT molecular complexity index is 1040. The van der Waals surface area contributed by atoms with Crippen molar-refractivity contribution < 1.29 is 4.74 Å². The predicted octanol–water partition coefficient (Wildman–Crippen LogP) is 4.22. The summed E-state index contributed by atoms with van der Waals surface area (Å²) in [7, 11) is 3.63. The van der Waals surface area contributed by atoms with Crippen molar-refractivity contribution in [1.29, 1.82) is 0 Å². The number of hydrogen-bond acceptors (Lipinski definition) is 5. The lowest BCUT2D eigenvalue weighted by molar-refractivity contribution is 0.414. The molecule has 0 spiro atoms. The SMILES string of the molecule is COc1ccc(CN=C(NCc2ccc(C)cc2SC)NCc2nnc(C)n2C)cc1.I. The summed E-state index contributed by atoms with van der Waals surface area (Å²) in [5.74, 6) is 3.30. The van der Waals surface area contributed by atoms with E-state index in [-0.39, 0.29) is 24.0 Å². The van der Waals surface area contributed by atoms with Gasteiger partial charge in [-0.25, -0.2) is 4.99 Å². The number of halogens is 1. The maximum absolute atomic E-state index is 5.24. The highest BCUT2D eigenvalue weighted by atomic mass is 127. The Hall–Kier alpha value is -2.27. The number of guanidine groups is 1. The van der Waals surface area contributed by atoms with Crippen LogP contribution in [0.1, 0.15) is 28.3 Å². The first kappa shape index (κ1) is 26.0. The average molecular weight is 567 g/mol. The first-order valence-corrected chi connectivity index (χ1v) is 11.4. The van der Waals surface area contributed by atoms with Crippen molar-refractivity contribution >= 4 is 41.7 Å². The number of aryl methyl sites for hydroxylation is 2. The van der Waals surface area contributed by atoms with Crippen LogP contribution in [0.5, 0.6) is 5.75 Å². The zero-order chi connectivity index (χ0) is 22.2. The number of aromatic nitrogens is 3. The van der Waals surface area contributed by atoms with E-state index < -0.39 is 0 Å². The van der Waals surface area contributed by atoms with E-state index in [1.54, 1.807) is 18.9 Å². The first-order valence-electron chi connectivity index (χ1n) is 10.1. The number of hydrogen-bond donors (Lipinski definition) is 2. The lowest BCUT2D eigenvalue weighted by Gasteiger charge is -2.15. The van der Waals surface area contributed by atoms with Gasteiger partial charge in [0.2, 0.25) is 0 Å². The number of rotatable bonds is 8. The minimum atomic E-state index is 0. The molecule has 1 aromatic heterocycles. The van der Waals surface area contributed by atoms with E-state index in [0.29, 0.717) is 19.6 Å². The summed E-state index contributed by atoms with van der Waals surface area (Å²) in [6.07, 6.45) is 2.10. The number of ether oxygens (including phenoxy) is 1. The van der Waals surface area contributed by atoms with E-state index in [9.17, 15) is 0 Å². The van der Waals surface area contributed by atoms with Crippen molar-refractivity contribution in [2.24, 2.45) is 12.0 Å². The second-order valence-corrected chi connectivity index (χ2v) is 8.11. The van der Waals surface area contributed by atoms with Gasteiger partial charge in [0.1, 0.15) is 11.6 Å². The van der Waals surface area contributed by atoms with Gasteiger partial charge < -0.3 is 19.9 Å². The molecule has 3 rings (SSSR count). The average Bonchev–Trinajstić information content (AvgIpc) is 3.11. The fourth-order valence-corrected chi connectivity index (χ4v) is 3.73. The zero-order valence-corrected chi connectivity index (χ0v) is 22.3. The largest absolute Gasteiger partial charge is 0.497 e. The third-order valence-electron chi connectivity index (χ3n) is 5.06. The summed E-state index contributed by atoms with van der Waals surface area (Å²) < 4.78 is 7.21. The van der Waals surface area contributed by atoms with E-state index in [1.807, 2.05) is 42.8 Å². The minimum Gasteiger partial charge on any atom is -0.497 e. The van der Waals surface area contributed by atoms with Crippen molar-refractivity contribution in [2.75, 3.05) is 13.4 Å². The molecule has 2 N–H and O–H groups in total. The van der Waals surface area contributed by atoms with Crippen LogP contribution in [0.2, 0.25) is 0 Å². The molecule has 32 heavy (non-hydrogen) atoms. The van der Waals surface area contributed by atoms with Crippen LogP contribution in [-0.4, -0.2) is 34.1 Å². The molecule has 3 aromatic rings. The normalized spacial score (nSPS) is 11.1. The maximum Gasteiger partial charge on any atom is 0.192 e. The Morgan fingerprint density at radius 3 is 2.41 bits per heavy atom. The van der Waals surface area contributed by atoms with Crippen LogP contribution < -0.4 is 15.4 Å². The standard InChI is InChI=1S/C23H30N6OS.HI/c1-16-6-9-19(21(12-16)31-5)14-25-23(26-15-22-28-27-17(2)29(22)3)24-13-18-7-10-20(30-4)11-8-18;/h6-12H,13-15H2,1-5H3,(H2,24,25,26);1H. The molecule has 0 bridgehead atoms. The second kappa shape index (κ2) is 12.7. The van der Waals surface area contributed by atoms with Crippen LogP contribution in [0.15, 0.2) is 52.4 Å². The van der Waals surface area contributed by atoms with E-state index >= 15 is 0 Å². The van der Waals surface area contributed by atoms with Gasteiger partial charge >= 0.3 is 0 Å². The van der Waals surface area contributed by atoms with Crippen LogP contribution in [0.3, 0.4) is 0 Å². The van der Waals surface area contributed by atoms with Gasteiger partial charge in [-0.3, -0.25) is 0 Å². The summed E-state index contributed by atoms with van der Waals surface area (Å²) >= 11 is 1.76. The highest BCUT2D eigenvalue weighted by molar-refractivity contribution is 14.0. The van der Waals surface area contributed by atoms with Crippen molar-refractivity contribution in [3.8, 4) is 5.75 Å². The van der Waals surface area contributed by atoms with Gasteiger partial charge in [0.05, 0.1) is 20.2 Å². The number of methoxy groups -OCH3 is 1. The molecule has 1 heterocycles. The Kier molecular flexibility index (Phi) is 10.3. The van der Waals surface area contributed by atoms with Gasteiger partial charge in [0.25, 0.3) is 0 Å². The number of thioether (sulfide) groups is 1. The molecule has 7 nitrogen and oxygen atoms in total. The molecule has 0 amide bonds. The quantitative estimate of drug-likeness (QED) is 0.184. The van der Waals surface area contributed by atoms with E-state index in [4.69, 9.17) is 9.73 Å². The molecule has 0 aliphatic carbocycles. The van der Waals surface area contributed by atoms with Crippen LogP contribution in [-0.2, 0) is 26.7 Å². The predicted molar refractivity (Wildman–Crippen MR) is 142 cm³/mol. The molecule has 0 aliphatic rings. The summed E-state index contributed by atoms with van der Waals surface area (Å²) in [5.41, 5.74) is 3.61. The molecular weight excluding hydrogens is 535 g/mol. The van der Waals surface area contributed by atoms with Crippen LogP contribution >= 0.6 is 35.7 Å². The molecule has 9 heteroatoms. The van der Waals surface area contributed by atoms with Gasteiger partial charge in [-0.2, -0.15) is 0 Å². The second-order valence-electron chi connectivity index (χ2n) is 7.26. The first-order chi connectivity index (χ1) is 15.0. The van der Waals surface area contributed by atoms with Gasteiger partial charge in [-0.05, 0) is 55.0 Å². The fraction of sp³-hybridized carbons (Fsp3) is 0.348.